The number of carbonyl (C=O) groups excluding carboxylic acids is 1. The largest absolute Gasteiger partial charge is 0.394 e. The second kappa shape index (κ2) is 47.0. The van der Waals surface area contributed by atoms with E-state index in [-0.39, 0.29) is 12.5 Å². The van der Waals surface area contributed by atoms with E-state index in [1.165, 1.54) is 212 Å². The number of hydrogen-bond donors (Lipinski definition) is 3. The molecule has 0 saturated carbocycles. The molecule has 0 aromatic rings. The van der Waals surface area contributed by atoms with Gasteiger partial charge in [0.05, 0.1) is 18.8 Å². The molecule has 0 heterocycles. The van der Waals surface area contributed by atoms with Crippen molar-refractivity contribution in [2.45, 2.75) is 276 Å². The van der Waals surface area contributed by atoms with Crippen molar-refractivity contribution in [2.75, 3.05) is 6.61 Å². The molecule has 0 fully saturated rings. The van der Waals surface area contributed by atoms with Crippen molar-refractivity contribution in [1.29, 1.82) is 0 Å². The fraction of sp³-hybridized carbons (Fsp3) is 0.863. The Morgan fingerprint density at radius 3 is 1.09 bits per heavy atom. The molecule has 2 unspecified atom stereocenters. The summed E-state index contributed by atoms with van der Waals surface area (Å²) in [7, 11) is 0. The van der Waals surface area contributed by atoms with Gasteiger partial charge in [-0.1, -0.05) is 243 Å². The van der Waals surface area contributed by atoms with Crippen LogP contribution in [0.3, 0.4) is 0 Å². The van der Waals surface area contributed by atoms with Gasteiger partial charge in [-0.15, -0.1) is 0 Å². The molecule has 0 bridgehead atoms. The van der Waals surface area contributed by atoms with E-state index in [1.807, 2.05) is 6.08 Å². The summed E-state index contributed by atoms with van der Waals surface area (Å²) in [6.07, 6.45) is 62.7. The Balaban J connectivity index is 3.55. The van der Waals surface area contributed by atoms with E-state index < -0.39 is 12.1 Å². The summed E-state index contributed by atoms with van der Waals surface area (Å²) < 4.78 is 0. The highest BCUT2D eigenvalue weighted by Crippen LogP contribution is 2.16. The van der Waals surface area contributed by atoms with Crippen molar-refractivity contribution in [1.82, 2.24) is 5.32 Å². The summed E-state index contributed by atoms with van der Waals surface area (Å²) in [6.45, 7) is 4.33. The maximum absolute atomic E-state index is 12.4. The lowest BCUT2D eigenvalue weighted by Gasteiger charge is -2.20. The fourth-order valence-corrected chi connectivity index (χ4v) is 7.56. The number of amides is 1. The van der Waals surface area contributed by atoms with Gasteiger partial charge in [0.15, 0.2) is 0 Å². The van der Waals surface area contributed by atoms with Crippen LogP contribution >= 0.6 is 0 Å². The highest BCUT2D eigenvalue weighted by Gasteiger charge is 2.18. The Hall–Kier alpha value is -1.39. The summed E-state index contributed by atoms with van der Waals surface area (Å²) >= 11 is 0. The van der Waals surface area contributed by atoms with E-state index in [0.717, 1.165) is 32.1 Å². The van der Waals surface area contributed by atoms with Crippen LogP contribution in [-0.4, -0.2) is 34.9 Å². The summed E-state index contributed by atoms with van der Waals surface area (Å²) in [5.41, 5.74) is 0. The maximum atomic E-state index is 12.4. The molecule has 4 heteroatoms. The molecule has 0 rings (SSSR count). The molecule has 0 aromatic carbocycles. The Labute approximate surface area is 344 Å². The van der Waals surface area contributed by atoms with E-state index in [1.54, 1.807) is 6.08 Å². The second-order valence-corrected chi connectivity index (χ2v) is 16.9. The SMILES string of the molecule is CCCCCCCCCCC/C=C\C/C=C\CCCCCCCCCC(=O)NC(CO)C(O)/C=C/CCCCCCCCCCCCCCCCCCCC. The topological polar surface area (TPSA) is 69.6 Å². The summed E-state index contributed by atoms with van der Waals surface area (Å²) in [6, 6.07) is -0.626. The summed E-state index contributed by atoms with van der Waals surface area (Å²) in [5.74, 6) is -0.0693. The van der Waals surface area contributed by atoms with Gasteiger partial charge in [-0.05, 0) is 51.4 Å². The third kappa shape index (κ3) is 43.6. The molecule has 0 aromatic heterocycles. The van der Waals surface area contributed by atoms with Crippen LogP contribution in [0.25, 0.3) is 0 Å². The second-order valence-electron chi connectivity index (χ2n) is 16.9. The molecule has 0 saturated heterocycles. The van der Waals surface area contributed by atoms with Crippen LogP contribution in [0.15, 0.2) is 36.5 Å². The van der Waals surface area contributed by atoms with Crippen molar-refractivity contribution in [2.24, 2.45) is 0 Å². The monoisotopic (exact) mass is 772 g/mol. The first-order chi connectivity index (χ1) is 27.2. The zero-order valence-electron chi connectivity index (χ0n) is 37.2. The highest BCUT2D eigenvalue weighted by molar-refractivity contribution is 5.76. The number of carbonyl (C=O) groups is 1. The first-order valence-electron chi connectivity index (χ1n) is 24.7. The van der Waals surface area contributed by atoms with Crippen LogP contribution in [-0.2, 0) is 4.79 Å². The lowest BCUT2D eigenvalue weighted by Crippen LogP contribution is -2.45. The standard InChI is InChI=1S/C51H97NO3/c1-3-5-7-9-11-13-15-17-19-21-23-25-26-27-29-31-33-35-37-39-41-43-45-47-51(55)52-49(48-53)50(54)46-44-42-40-38-36-34-32-30-28-24-22-20-18-16-14-12-10-8-6-4-2/h23,25,27,29,44,46,49-50,53-54H,3-22,24,26,28,30-43,45,47-48H2,1-2H3,(H,52,55)/b25-23-,29-27-,46-44+. The minimum atomic E-state index is -0.842. The van der Waals surface area contributed by atoms with Gasteiger partial charge in [-0.3, -0.25) is 4.79 Å². The Kier molecular flexibility index (Phi) is 45.8. The van der Waals surface area contributed by atoms with Gasteiger partial charge in [0.25, 0.3) is 0 Å². The smallest absolute Gasteiger partial charge is 0.220 e. The Morgan fingerprint density at radius 2 is 0.745 bits per heavy atom. The van der Waals surface area contributed by atoms with Gasteiger partial charge >= 0.3 is 0 Å². The van der Waals surface area contributed by atoms with Gasteiger partial charge in [0, 0.05) is 6.42 Å². The molecule has 1 amide bonds. The van der Waals surface area contributed by atoms with E-state index in [9.17, 15) is 15.0 Å². The van der Waals surface area contributed by atoms with Gasteiger partial charge in [0.2, 0.25) is 5.91 Å². The summed E-state index contributed by atoms with van der Waals surface area (Å²) in [4.78, 5) is 12.4. The van der Waals surface area contributed by atoms with E-state index in [4.69, 9.17) is 0 Å². The van der Waals surface area contributed by atoms with Crippen LogP contribution in [0, 0.1) is 0 Å². The van der Waals surface area contributed by atoms with Crippen molar-refractivity contribution >= 4 is 5.91 Å². The molecule has 324 valence electrons. The molecule has 2 atom stereocenters. The van der Waals surface area contributed by atoms with Crippen LogP contribution in [0.4, 0.5) is 0 Å². The minimum Gasteiger partial charge on any atom is -0.394 e. The van der Waals surface area contributed by atoms with Gasteiger partial charge in [-0.2, -0.15) is 0 Å². The molecule has 0 aliphatic carbocycles. The number of aliphatic hydroxyl groups is 2. The average Bonchev–Trinajstić information content (AvgIpc) is 3.19. The van der Waals surface area contributed by atoms with Crippen molar-refractivity contribution in [3.05, 3.63) is 36.5 Å². The van der Waals surface area contributed by atoms with E-state index in [2.05, 4.69) is 43.5 Å². The number of rotatable bonds is 45. The Bertz CT molecular complexity index is 836. The lowest BCUT2D eigenvalue weighted by molar-refractivity contribution is -0.123. The fourth-order valence-electron chi connectivity index (χ4n) is 7.56. The predicted octanol–water partition coefficient (Wildman–Crippen LogP) is 15.7. The molecule has 55 heavy (non-hydrogen) atoms. The lowest BCUT2D eigenvalue weighted by atomic mass is 10.0. The normalized spacial score (nSPS) is 13.2. The first kappa shape index (κ1) is 53.6. The number of unbranched alkanes of at least 4 members (excludes halogenated alkanes) is 34. The van der Waals surface area contributed by atoms with Gasteiger partial charge in [0.1, 0.15) is 0 Å². The minimum absolute atomic E-state index is 0.0693. The van der Waals surface area contributed by atoms with Crippen LogP contribution in [0.2, 0.25) is 0 Å². The maximum Gasteiger partial charge on any atom is 0.220 e. The van der Waals surface area contributed by atoms with Crippen molar-refractivity contribution in [3.63, 3.8) is 0 Å². The third-order valence-electron chi connectivity index (χ3n) is 11.4. The van der Waals surface area contributed by atoms with Crippen LogP contribution in [0.1, 0.15) is 264 Å². The van der Waals surface area contributed by atoms with Crippen LogP contribution in [0.5, 0.6) is 0 Å². The van der Waals surface area contributed by atoms with E-state index in [0.29, 0.717) is 6.42 Å². The molecule has 0 aliphatic rings. The van der Waals surface area contributed by atoms with E-state index >= 15 is 0 Å². The number of allylic oxidation sites excluding steroid dienone is 5. The highest BCUT2D eigenvalue weighted by atomic mass is 16.3. The third-order valence-corrected chi connectivity index (χ3v) is 11.4. The number of hydrogen-bond acceptors (Lipinski definition) is 3. The quantitative estimate of drug-likeness (QED) is 0.0426. The molecule has 0 aliphatic heterocycles. The van der Waals surface area contributed by atoms with Gasteiger partial charge in [-0.25, -0.2) is 0 Å². The molecule has 0 radical (unpaired) electrons. The summed E-state index contributed by atoms with van der Waals surface area (Å²) in [5, 5.41) is 23.1. The zero-order chi connectivity index (χ0) is 40.0. The molecular formula is C51H97NO3. The van der Waals surface area contributed by atoms with Crippen molar-refractivity contribution in [3.8, 4) is 0 Å². The zero-order valence-corrected chi connectivity index (χ0v) is 37.2. The molecular weight excluding hydrogens is 675 g/mol. The number of aliphatic hydroxyl groups excluding tert-OH is 2. The van der Waals surface area contributed by atoms with Crippen LogP contribution < -0.4 is 5.32 Å². The molecule has 0 spiro atoms. The molecule has 3 N–H and O–H groups in total. The van der Waals surface area contributed by atoms with Crippen molar-refractivity contribution < 1.29 is 15.0 Å². The molecule has 4 nitrogen and oxygen atoms in total. The Morgan fingerprint density at radius 1 is 0.436 bits per heavy atom. The first-order valence-corrected chi connectivity index (χ1v) is 24.7. The number of nitrogens with one attached hydrogen (secondary N) is 1. The van der Waals surface area contributed by atoms with Gasteiger partial charge < -0.3 is 15.5 Å². The predicted molar refractivity (Wildman–Crippen MR) is 244 cm³/mol. The average molecular weight is 772 g/mol.